The number of nitro groups is 1. The lowest BCUT2D eigenvalue weighted by Crippen LogP contribution is -2.38. The van der Waals surface area contributed by atoms with Crippen LogP contribution in [-0.4, -0.2) is 56.6 Å². The van der Waals surface area contributed by atoms with Gasteiger partial charge < -0.3 is 15.5 Å². The van der Waals surface area contributed by atoms with Crippen molar-refractivity contribution >= 4 is 50.7 Å². The van der Waals surface area contributed by atoms with Gasteiger partial charge in [0.25, 0.3) is 21.6 Å². The molecule has 1 atom stereocenters. The number of piperidine rings is 1. The van der Waals surface area contributed by atoms with E-state index in [-0.39, 0.29) is 28.1 Å². The maximum Gasteiger partial charge on any atom is 0.293 e. The molecule has 2 amide bonds. The Morgan fingerprint density at radius 2 is 1.65 bits per heavy atom. The molecule has 1 spiro atoms. The number of hydrogen-bond donors (Lipinski definition) is 3. The first-order chi connectivity index (χ1) is 23.5. The summed E-state index contributed by atoms with van der Waals surface area (Å²) in [6, 6.07) is 20.1. The standard InChI is InChI=1S/C36H45N5O6S2/c1-27(42)37-22-8-5-9-29(26-48-31-10-3-2-4-11-31)38-33-17-16-32(25-34(33)41(44)45)49(46,47)39-35(43)28-12-14-30(15-13-28)40-23-20-36(21-24-40)18-6-7-19-36/h2-4,10-17,25,29,38H,5-9,18-24,26H2,1H3,(H,37,42)(H,39,43)/t29-/m1/s1. The van der Waals surface area contributed by atoms with Crippen LogP contribution in [0.3, 0.4) is 0 Å². The van der Waals surface area contributed by atoms with Gasteiger partial charge in [0.15, 0.2) is 0 Å². The van der Waals surface area contributed by atoms with E-state index in [1.165, 1.54) is 57.6 Å². The molecule has 0 aromatic heterocycles. The molecule has 0 bridgehead atoms. The number of carbonyl (C=O) groups is 2. The Morgan fingerprint density at radius 1 is 0.959 bits per heavy atom. The molecule has 11 nitrogen and oxygen atoms in total. The van der Waals surface area contributed by atoms with Crippen molar-refractivity contribution in [3.63, 3.8) is 0 Å². The molecule has 2 fully saturated rings. The van der Waals surface area contributed by atoms with E-state index in [0.717, 1.165) is 42.6 Å². The summed E-state index contributed by atoms with van der Waals surface area (Å²) in [4.78, 5) is 38.7. The highest BCUT2D eigenvalue weighted by molar-refractivity contribution is 7.99. The fourth-order valence-corrected chi connectivity index (χ4v) is 8.78. The highest BCUT2D eigenvalue weighted by atomic mass is 32.2. The van der Waals surface area contributed by atoms with Crippen LogP contribution in [0.25, 0.3) is 0 Å². The number of nitrogens with zero attached hydrogens (tertiary/aromatic N) is 2. The minimum absolute atomic E-state index is 0.0985. The quantitative estimate of drug-likeness (QED) is 0.0674. The van der Waals surface area contributed by atoms with Crippen LogP contribution in [-0.2, 0) is 14.8 Å². The van der Waals surface area contributed by atoms with E-state index < -0.39 is 26.5 Å². The maximum atomic E-state index is 13.3. The Morgan fingerprint density at radius 3 is 2.31 bits per heavy atom. The van der Waals surface area contributed by atoms with Crippen LogP contribution in [0, 0.1) is 15.5 Å². The molecule has 49 heavy (non-hydrogen) atoms. The Kier molecular flexibility index (Phi) is 12.2. The highest BCUT2D eigenvalue weighted by Gasteiger charge is 2.37. The number of carbonyl (C=O) groups excluding carboxylic acids is 2. The second-order valence-electron chi connectivity index (χ2n) is 13.1. The third-order valence-corrected chi connectivity index (χ3v) is 12.1. The molecule has 0 radical (unpaired) electrons. The average molecular weight is 708 g/mol. The number of amides is 2. The molecule has 1 heterocycles. The average Bonchev–Trinajstić information content (AvgIpc) is 3.55. The van der Waals surface area contributed by atoms with E-state index in [9.17, 15) is 28.1 Å². The summed E-state index contributed by atoms with van der Waals surface area (Å²) in [6.45, 7) is 3.94. The second kappa shape index (κ2) is 16.5. The van der Waals surface area contributed by atoms with E-state index in [4.69, 9.17) is 0 Å². The molecule has 1 aliphatic carbocycles. The van der Waals surface area contributed by atoms with Crippen molar-refractivity contribution in [3.8, 4) is 0 Å². The van der Waals surface area contributed by atoms with Crippen molar-refractivity contribution in [1.82, 2.24) is 10.0 Å². The van der Waals surface area contributed by atoms with Crippen LogP contribution < -0.4 is 20.3 Å². The van der Waals surface area contributed by atoms with Gasteiger partial charge in [-0.15, -0.1) is 11.8 Å². The summed E-state index contributed by atoms with van der Waals surface area (Å²) in [5.41, 5.74) is 1.45. The summed E-state index contributed by atoms with van der Waals surface area (Å²) in [6.07, 6.45) is 9.78. The number of nitro benzene ring substituents is 1. The molecule has 3 N–H and O–H groups in total. The predicted octanol–water partition coefficient (Wildman–Crippen LogP) is 6.75. The smallest absolute Gasteiger partial charge is 0.293 e. The van der Waals surface area contributed by atoms with Gasteiger partial charge in [-0.3, -0.25) is 19.7 Å². The first-order valence-corrected chi connectivity index (χ1v) is 19.4. The Hall–Kier alpha value is -4.10. The van der Waals surface area contributed by atoms with Gasteiger partial charge in [0, 0.05) is 60.6 Å². The van der Waals surface area contributed by atoms with E-state index in [0.29, 0.717) is 24.1 Å². The Balaban J connectivity index is 1.23. The third kappa shape index (κ3) is 9.98. The molecule has 0 unspecified atom stereocenters. The van der Waals surface area contributed by atoms with Crippen molar-refractivity contribution in [2.45, 2.75) is 80.5 Å². The lowest BCUT2D eigenvalue weighted by molar-refractivity contribution is -0.384. The van der Waals surface area contributed by atoms with Crippen molar-refractivity contribution < 1.29 is 22.9 Å². The van der Waals surface area contributed by atoms with E-state index in [1.54, 1.807) is 23.9 Å². The molecule has 3 aromatic rings. The molecule has 5 rings (SSSR count). The monoisotopic (exact) mass is 707 g/mol. The molecular formula is C36H45N5O6S2. The van der Waals surface area contributed by atoms with Crippen molar-refractivity contribution in [2.24, 2.45) is 5.41 Å². The zero-order valence-electron chi connectivity index (χ0n) is 27.9. The van der Waals surface area contributed by atoms with E-state index in [2.05, 4.69) is 20.3 Å². The SMILES string of the molecule is CC(=O)NCCCC[C@H](CSc1ccccc1)Nc1ccc(S(=O)(=O)NC(=O)c2ccc(N3CCC4(CCCC4)CC3)cc2)cc1[N+](=O)[O-]. The number of benzene rings is 3. The number of anilines is 2. The van der Waals surface area contributed by atoms with Crippen LogP contribution in [0.1, 0.15) is 75.1 Å². The molecule has 262 valence electrons. The van der Waals surface area contributed by atoms with Gasteiger partial charge in [-0.2, -0.15) is 0 Å². The second-order valence-corrected chi connectivity index (χ2v) is 15.8. The third-order valence-electron chi connectivity index (χ3n) is 9.59. The molecule has 2 aliphatic rings. The van der Waals surface area contributed by atoms with Crippen molar-refractivity contribution in [3.05, 3.63) is 88.5 Å². The van der Waals surface area contributed by atoms with Gasteiger partial charge in [0.2, 0.25) is 5.91 Å². The van der Waals surface area contributed by atoms with Crippen LogP contribution in [0.5, 0.6) is 0 Å². The number of hydrogen-bond acceptors (Lipinski definition) is 9. The number of unbranched alkanes of at least 4 members (excludes halogenated alkanes) is 1. The number of thioether (sulfide) groups is 1. The molecule has 3 aromatic carbocycles. The van der Waals surface area contributed by atoms with Crippen molar-refractivity contribution in [2.75, 3.05) is 35.6 Å². The molecule has 13 heteroatoms. The van der Waals surface area contributed by atoms with Crippen LogP contribution in [0.15, 0.2) is 82.6 Å². The zero-order valence-corrected chi connectivity index (χ0v) is 29.5. The summed E-state index contributed by atoms with van der Waals surface area (Å²) >= 11 is 1.61. The van der Waals surface area contributed by atoms with Gasteiger partial charge in [-0.1, -0.05) is 31.0 Å². The first kappa shape index (κ1) is 36.2. The Labute approximate surface area is 292 Å². The van der Waals surface area contributed by atoms with Gasteiger partial charge >= 0.3 is 0 Å². The van der Waals surface area contributed by atoms with Crippen LogP contribution >= 0.6 is 11.8 Å². The summed E-state index contributed by atoms with van der Waals surface area (Å²) in [5.74, 6) is -0.301. The summed E-state index contributed by atoms with van der Waals surface area (Å²) in [7, 11) is -4.41. The topological polar surface area (TPSA) is 151 Å². The van der Waals surface area contributed by atoms with Gasteiger partial charge in [-0.05, 0) is 98.9 Å². The lowest BCUT2D eigenvalue weighted by Gasteiger charge is -2.40. The molecular weight excluding hydrogens is 663 g/mol. The van der Waals surface area contributed by atoms with Crippen LogP contribution in [0.2, 0.25) is 0 Å². The fourth-order valence-electron chi connectivity index (χ4n) is 6.79. The number of rotatable bonds is 15. The number of nitrogens with one attached hydrogen (secondary N) is 3. The molecule has 1 saturated heterocycles. The summed E-state index contributed by atoms with van der Waals surface area (Å²) < 4.78 is 28.6. The zero-order chi connectivity index (χ0) is 34.9. The number of sulfonamides is 1. The summed E-state index contributed by atoms with van der Waals surface area (Å²) in [5, 5.41) is 18.2. The highest BCUT2D eigenvalue weighted by Crippen LogP contribution is 2.46. The van der Waals surface area contributed by atoms with Gasteiger partial charge in [0.05, 0.1) is 9.82 Å². The van der Waals surface area contributed by atoms with Crippen molar-refractivity contribution in [1.29, 1.82) is 0 Å². The first-order valence-electron chi connectivity index (χ1n) is 16.9. The minimum Gasteiger partial charge on any atom is -0.376 e. The Bertz CT molecular complexity index is 1700. The fraction of sp³-hybridized carbons (Fsp3) is 0.444. The van der Waals surface area contributed by atoms with Crippen LogP contribution in [0.4, 0.5) is 17.1 Å². The molecule has 1 saturated carbocycles. The predicted molar refractivity (Wildman–Crippen MR) is 194 cm³/mol. The van der Waals surface area contributed by atoms with E-state index >= 15 is 0 Å². The minimum atomic E-state index is -4.41. The van der Waals surface area contributed by atoms with Gasteiger partial charge in [-0.25, -0.2) is 13.1 Å². The normalized spacial score (nSPS) is 16.2. The maximum absolute atomic E-state index is 13.3. The largest absolute Gasteiger partial charge is 0.376 e. The van der Waals surface area contributed by atoms with E-state index in [1.807, 2.05) is 42.5 Å². The molecule has 1 aliphatic heterocycles. The lowest BCUT2D eigenvalue weighted by atomic mass is 9.77. The van der Waals surface area contributed by atoms with Gasteiger partial charge in [0.1, 0.15) is 5.69 Å².